The number of nitrogens with zero attached hydrogens (tertiary/aromatic N) is 2. The maximum atomic E-state index is 5.49. The van der Waals surface area contributed by atoms with Crippen LogP contribution in [0.5, 0.6) is 17.2 Å². The maximum Gasteiger partial charge on any atom is 0.203 e. The highest BCUT2D eigenvalue weighted by atomic mass is 16.5. The number of rotatable bonds is 12. The molecule has 0 saturated heterocycles. The minimum absolute atomic E-state index is 0.621. The van der Waals surface area contributed by atoms with E-state index in [2.05, 4.69) is 90.6 Å². The molecule has 180 valence electrons. The van der Waals surface area contributed by atoms with Gasteiger partial charge in [-0.1, -0.05) is 66.7 Å². The molecule has 0 saturated carbocycles. The molecule has 0 spiro atoms. The van der Waals surface area contributed by atoms with Crippen molar-refractivity contribution in [1.82, 2.24) is 9.80 Å². The highest BCUT2D eigenvalue weighted by Gasteiger charge is 2.14. The zero-order chi connectivity index (χ0) is 24.3. The summed E-state index contributed by atoms with van der Waals surface area (Å²) in [6.45, 7) is 3.55. The molecule has 0 amide bonds. The predicted molar refractivity (Wildman–Crippen MR) is 140 cm³/mol. The van der Waals surface area contributed by atoms with Gasteiger partial charge < -0.3 is 24.0 Å². The number of benzene rings is 3. The van der Waals surface area contributed by atoms with Crippen molar-refractivity contribution in [3.05, 3.63) is 95.6 Å². The second-order valence-electron chi connectivity index (χ2n) is 8.38. The van der Waals surface area contributed by atoms with Crippen LogP contribution < -0.4 is 14.2 Å². The van der Waals surface area contributed by atoms with Crippen molar-refractivity contribution in [1.29, 1.82) is 0 Å². The van der Waals surface area contributed by atoms with Crippen LogP contribution >= 0.6 is 0 Å². The van der Waals surface area contributed by atoms with Crippen LogP contribution in [-0.4, -0.2) is 64.9 Å². The fourth-order valence-corrected chi connectivity index (χ4v) is 3.94. The zero-order valence-corrected chi connectivity index (χ0v) is 21.0. The zero-order valence-electron chi connectivity index (χ0n) is 21.0. The number of likely N-dealkylation sites (N-methyl/N-ethyl adjacent to an activating group) is 2. The number of hydrogen-bond donors (Lipinski definition) is 0. The smallest absolute Gasteiger partial charge is 0.203 e. The maximum absolute atomic E-state index is 5.49. The van der Waals surface area contributed by atoms with Gasteiger partial charge in [0, 0.05) is 26.2 Å². The monoisotopic (exact) mass is 460 g/mol. The van der Waals surface area contributed by atoms with Gasteiger partial charge in [-0.25, -0.2) is 0 Å². The van der Waals surface area contributed by atoms with Gasteiger partial charge >= 0.3 is 0 Å². The Bertz CT molecular complexity index is 985. The Hall–Kier alpha value is -3.28. The molecule has 34 heavy (non-hydrogen) atoms. The predicted octanol–water partition coefficient (Wildman–Crippen LogP) is 5.21. The first-order valence-electron chi connectivity index (χ1n) is 11.5. The van der Waals surface area contributed by atoms with E-state index in [0.29, 0.717) is 17.2 Å². The molecule has 0 heterocycles. The lowest BCUT2D eigenvalue weighted by Gasteiger charge is -2.22. The first-order valence-corrected chi connectivity index (χ1v) is 11.5. The molecule has 0 aliphatic heterocycles. The van der Waals surface area contributed by atoms with E-state index in [4.69, 9.17) is 14.2 Å². The molecular formula is C29H36N2O3. The van der Waals surface area contributed by atoms with Gasteiger partial charge in [0.1, 0.15) is 0 Å². The van der Waals surface area contributed by atoms with E-state index in [9.17, 15) is 0 Å². The summed E-state index contributed by atoms with van der Waals surface area (Å²) in [6, 6.07) is 25.2. The topological polar surface area (TPSA) is 34.2 Å². The van der Waals surface area contributed by atoms with E-state index in [1.54, 1.807) is 21.3 Å². The Kier molecular flexibility index (Phi) is 9.56. The lowest BCUT2D eigenvalue weighted by molar-refractivity contribution is 0.263. The first kappa shape index (κ1) is 25.3. The Balaban J connectivity index is 1.62. The molecule has 3 aromatic carbocycles. The number of ether oxygens (including phenoxy) is 3. The van der Waals surface area contributed by atoms with Crippen LogP contribution in [0.15, 0.2) is 78.9 Å². The molecule has 0 unspecified atom stereocenters. The van der Waals surface area contributed by atoms with Crippen molar-refractivity contribution in [2.45, 2.75) is 6.54 Å². The Morgan fingerprint density at radius 1 is 0.706 bits per heavy atom. The molecule has 3 aromatic rings. The summed E-state index contributed by atoms with van der Waals surface area (Å²) in [5.74, 6) is 1.99. The van der Waals surface area contributed by atoms with E-state index >= 15 is 0 Å². The van der Waals surface area contributed by atoms with Gasteiger partial charge in [-0.3, -0.25) is 0 Å². The van der Waals surface area contributed by atoms with Crippen molar-refractivity contribution in [2.75, 3.05) is 55.1 Å². The minimum atomic E-state index is 0.621. The van der Waals surface area contributed by atoms with Crippen molar-refractivity contribution in [3.8, 4) is 17.2 Å². The third kappa shape index (κ3) is 6.86. The van der Waals surface area contributed by atoms with Gasteiger partial charge in [-0.2, -0.15) is 0 Å². The molecule has 0 fully saturated rings. The van der Waals surface area contributed by atoms with Crippen LogP contribution in [0.4, 0.5) is 0 Å². The highest BCUT2D eigenvalue weighted by Crippen LogP contribution is 2.38. The summed E-state index contributed by atoms with van der Waals surface area (Å²) < 4.78 is 16.4. The highest BCUT2D eigenvalue weighted by molar-refractivity contribution is 5.79. The molecule has 0 aliphatic carbocycles. The van der Waals surface area contributed by atoms with Gasteiger partial charge in [0.05, 0.1) is 21.3 Å². The Labute approximate surface area is 204 Å². The molecule has 5 nitrogen and oxygen atoms in total. The van der Waals surface area contributed by atoms with E-state index < -0.39 is 0 Å². The molecule has 0 N–H and O–H groups in total. The van der Waals surface area contributed by atoms with Crippen LogP contribution in [0.1, 0.15) is 16.7 Å². The molecule has 5 heteroatoms. The third-order valence-corrected chi connectivity index (χ3v) is 5.82. The van der Waals surface area contributed by atoms with Gasteiger partial charge in [0.2, 0.25) is 5.75 Å². The minimum Gasteiger partial charge on any atom is -0.493 e. The standard InChI is InChI=1S/C29H36N2O3/c1-30(17-16-26(24-12-8-6-9-13-24)25-14-10-7-11-15-25)18-19-31(2)22-23-20-27(32-3)29(34-5)28(21-23)33-4/h6-16,20-21H,17-19,22H2,1-5H3. The van der Waals surface area contributed by atoms with Gasteiger partial charge in [0.25, 0.3) is 0 Å². The fraction of sp³-hybridized carbons (Fsp3) is 0.310. The van der Waals surface area contributed by atoms with Crippen molar-refractivity contribution in [3.63, 3.8) is 0 Å². The molecule has 0 atom stereocenters. The van der Waals surface area contributed by atoms with E-state index in [-0.39, 0.29) is 0 Å². The van der Waals surface area contributed by atoms with Crippen LogP contribution in [0.25, 0.3) is 5.57 Å². The second kappa shape index (κ2) is 12.8. The van der Waals surface area contributed by atoms with Gasteiger partial charge in [-0.15, -0.1) is 0 Å². The van der Waals surface area contributed by atoms with Crippen molar-refractivity contribution < 1.29 is 14.2 Å². The average Bonchev–Trinajstić information content (AvgIpc) is 2.88. The molecule has 0 aromatic heterocycles. The summed E-state index contributed by atoms with van der Waals surface area (Å²) in [5, 5.41) is 0. The lowest BCUT2D eigenvalue weighted by atomic mass is 9.97. The number of hydrogen-bond acceptors (Lipinski definition) is 5. The van der Waals surface area contributed by atoms with Crippen molar-refractivity contribution >= 4 is 5.57 Å². The van der Waals surface area contributed by atoms with Crippen LogP contribution in [0.2, 0.25) is 0 Å². The van der Waals surface area contributed by atoms with Gasteiger partial charge in [-0.05, 0) is 48.5 Å². The van der Waals surface area contributed by atoms with E-state index in [0.717, 1.165) is 31.7 Å². The summed E-state index contributed by atoms with van der Waals surface area (Å²) in [5.41, 5.74) is 4.86. The van der Waals surface area contributed by atoms with Crippen LogP contribution in [0, 0.1) is 0 Å². The molecule has 0 bridgehead atoms. The Morgan fingerprint density at radius 3 is 1.68 bits per heavy atom. The lowest BCUT2D eigenvalue weighted by Crippen LogP contribution is -2.30. The molecule has 0 aliphatic rings. The largest absolute Gasteiger partial charge is 0.493 e. The quantitative estimate of drug-likeness (QED) is 0.371. The van der Waals surface area contributed by atoms with E-state index in [1.165, 1.54) is 16.7 Å². The molecule has 0 radical (unpaired) electrons. The van der Waals surface area contributed by atoms with Crippen LogP contribution in [-0.2, 0) is 6.54 Å². The summed E-state index contributed by atoms with van der Waals surface area (Å²) in [7, 11) is 9.21. The third-order valence-electron chi connectivity index (χ3n) is 5.82. The summed E-state index contributed by atoms with van der Waals surface area (Å²) in [4.78, 5) is 4.65. The second-order valence-corrected chi connectivity index (χ2v) is 8.38. The average molecular weight is 461 g/mol. The first-order chi connectivity index (χ1) is 16.5. The Morgan fingerprint density at radius 2 is 1.21 bits per heavy atom. The van der Waals surface area contributed by atoms with E-state index in [1.807, 2.05) is 12.1 Å². The van der Waals surface area contributed by atoms with Crippen molar-refractivity contribution in [2.24, 2.45) is 0 Å². The van der Waals surface area contributed by atoms with Crippen LogP contribution in [0.3, 0.4) is 0 Å². The molecule has 3 rings (SSSR count). The van der Waals surface area contributed by atoms with Gasteiger partial charge in [0.15, 0.2) is 11.5 Å². The summed E-state index contributed by atoms with van der Waals surface area (Å²) in [6.07, 6.45) is 2.32. The summed E-state index contributed by atoms with van der Waals surface area (Å²) >= 11 is 0. The normalized spacial score (nSPS) is 10.9. The molecular weight excluding hydrogens is 424 g/mol. The number of methoxy groups -OCH3 is 3. The SMILES string of the molecule is COc1cc(CN(C)CCN(C)CC=C(c2ccccc2)c2ccccc2)cc(OC)c1OC. The fourth-order valence-electron chi connectivity index (χ4n) is 3.94.